The molecule has 3 rings (SSSR count). The summed E-state index contributed by atoms with van der Waals surface area (Å²) in [5.41, 5.74) is 3.99. The van der Waals surface area contributed by atoms with E-state index < -0.39 is 0 Å². The summed E-state index contributed by atoms with van der Waals surface area (Å²) >= 11 is 0. The Labute approximate surface area is 139 Å². The highest BCUT2D eigenvalue weighted by Gasteiger charge is 2.38. The third-order valence-electron chi connectivity index (χ3n) is 4.65. The summed E-state index contributed by atoms with van der Waals surface area (Å²) in [7, 11) is 0. The minimum Gasteiger partial charge on any atom is -0.248 e. The summed E-state index contributed by atoms with van der Waals surface area (Å²) in [5.74, 6) is 0.438. The van der Waals surface area contributed by atoms with Crippen LogP contribution in [0.4, 0.5) is 0 Å². The molecular formula is C22H27N. The van der Waals surface area contributed by atoms with Gasteiger partial charge in [-0.2, -0.15) is 0 Å². The molecule has 0 saturated carbocycles. The second-order valence-corrected chi connectivity index (χ2v) is 8.72. The molecule has 1 nitrogen and oxygen atoms in total. The van der Waals surface area contributed by atoms with E-state index in [-0.39, 0.29) is 10.8 Å². The number of pyridine rings is 1. The van der Waals surface area contributed by atoms with Crippen LogP contribution in [0.25, 0.3) is 21.8 Å². The lowest BCUT2D eigenvalue weighted by molar-refractivity contribution is 0.179. The van der Waals surface area contributed by atoms with Crippen molar-refractivity contribution in [3.8, 4) is 0 Å². The molecule has 1 aromatic heterocycles. The van der Waals surface area contributed by atoms with Crippen LogP contribution in [0.3, 0.4) is 0 Å². The largest absolute Gasteiger partial charge is 0.248 e. The van der Waals surface area contributed by atoms with Crippen LogP contribution in [0.2, 0.25) is 0 Å². The highest BCUT2D eigenvalue weighted by Crippen LogP contribution is 2.50. The SMILES string of the molecule is CC(C)(C)C(c1c2ccccc2nc2ccccc12)C(C)(C)C. The summed E-state index contributed by atoms with van der Waals surface area (Å²) in [6.07, 6.45) is 0. The Hall–Kier alpha value is -1.89. The first-order valence-electron chi connectivity index (χ1n) is 8.47. The van der Waals surface area contributed by atoms with Crippen LogP contribution < -0.4 is 0 Å². The molecule has 1 heteroatoms. The van der Waals surface area contributed by atoms with Crippen LogP contribution >= 0.6 is 0 Å². The molecule has 1 heterocycles. The number of benzene rings is 2. The van der Waals surface area contributed by atoms with Gasteiger partial charge in [0, 0.05) is 10.8 Å². The quantitative estimate of drug-likeness (QED) is 0.464. The van der Waals surface area contributed by atoms with Crippen LogP contribution in [-0.4, -0.2) is 4.98 Å². The van der Waals surface area contributed by atoms with Crippen molar-refractivity contribution < 1.29 is 0 Å². The van der Waals surface area contributed by atoms with Gasteiger partial charge in [-0.1, -0.05) is 77.9 Å². The number of aromatic nitrogens is 1. The molecule has 0 bridgehead atoms. The van der Waals surface area contributed by atoms with Gasteiger partial charge in [-0.05, 0) is 34.4 Å². The molecule has 0 spiro atoms. The zero-order valence-corrected chi connectivity index (χ0v) is 15.1. The van der Waals surface area contributed by atoms with E-state index in [1.165, 1.54) is 16.3 Å². The van der Waals surface area contributed by atoms with E-state index in [0.29, 0.717) is 5.92 Å². The number of hydrogen-bond donors (Lipinski definition) is 0. The Morgan fingerprint density at radius 1 is 0.652 bits per heavy atom. The normalized spacial score (nSPS) is 13.2. The van der Waals surface area contributed by atoms with Gasteiger partial charge in [-0.25, -0.2) is 4.98 Å². The molecule has 23 heavy (non-hydrogen) atoms. The molecule has 0 unspecified atom stereocenters. The summed E-state index contributed by atoms with van der Waals surface area (Å²) in [5, 5.41) is 2.59. The second kappa shape index (κ2) is 5.33. The standard InChI is InChI=1S/C22H27N/c1-21(2,3)20(22(4,5)6)19-15-11-7-9-13-17(15)23-18-14-10-8-12-16(18)19/h7-14,20H,1-6H3. The summed E-state index contributed by atoms with van der Waals surface area (Å²) in [6, 6.07) is 17.1. The third-order valence-corrected chi connectivity index (χ3v) is 4.65. The molecule has 2 aromatic carbocycles. The number of fused-ring (bicyclic) bond motifs is 2. The van der Waals surface area contributed by atoms with Crippen molar-refractivity contribution in [2.24, 2.45) is 10.8 Å². The predicted octanol–water partition coefficient (Wildman–Crippen LogP) is 6.56. The topological polar surface area (TPSA) is 12.9 Å². The molecule has 0 N–H and O–H groups in total. The Morgan fingerprint density at radius 3 is 1.43 bits per heavy atom. The molecule has 0 radical (unpaired) electrons. The lowest BCUT2D eigenvalue weighted by Crippen LogP contribution is -2.30. The Morgan fingerprint density at radius 2 is 1.04 bits per heavy atom. The number of nitrogens with zero attached hydrogens (tertiary/aromatic N) is 1. The third kappa shape index (κ3) is 2.85. The summed E-state index contributed by atoms with van der Waals surface area (Å²) in [4.78, 5) is 4.88. The first-order chi connectivity index (χ1) is 10.7. The highest BCUT2D eigenvalue weighted by molar-refractivity contribution is 5.98. The molecule has 3 aromatic rings. The average molecular weight is 305 g/mol. The Balaban J connectivity index is 2.49. The first kappa shape index (κ1) is 16.0. The molecule has 120 valence electrons. The minimum atomic E-state index is 0.172. The van der Waals surface area contributed by atoms with E-state index in [0.717, 1.165) is 11.0 Å². The average Bonchev–Trinajstić information content (AvgIpc) is 2.44. The molecular weight excluding hydrogens is 278 g/mol. The van der Waals surface area contributed by atoms with E-state index in [1.54, 1.807) is 0 Å². The second-order valence-electron chi connectivity index (χ2n) is 8.72. The fourth-order valence-corrected chi connectivity index (χ4v) is 4.35. The molecule has 0 atom stereocenters. The Bertz CT molecular complexity index is 779. The monoisotopic (exact) mass is 305 g/mol. The molecule has 0 amide bonds. The van der Waals surface area contributed by atoms with Crippen molar-refractivity contribution in [1.29, 1.82) is 0 Å². The molecule has 0 fully saturated rings. The van der Waals surface area contributed by atoms with Crippen molar-refractivity contribution in [2.45, 2.75) is 47.5 Å². The van der Waals surface area contributed by atoms with E-state index >= 15 is 0 Å². The van der Waals surface area contributed by atoms with Gasteiger partial charge in [0.25, 0.3) is 0 Å². The van der Waals surface area contributed by atoms with Crippen LogP contribution in [0.1, 0.15) is 53.0 Å². The summed E-state index contributed by atoms with van der Waals surface area (Å²) < 4.78 is 0. The van der Waals surface area contributed by atoms with Gasteiger partial charge >= 0.3 is 0 Å². The maximum atomic E-state index is 4.88. The number of rotatable bonds is 1. The van der Waals surface area contributed by atoms with Crippen LogP contribution in [-0.2, 0) is 0 Å². The fraction of sp³-hybridized carbons (Fsp3) is 0.409. The molecule has 0 aliphatic rings. The fourth-order valence-electron chi connectivity index (χ4n) is 4.35. The predicted molar refractivity (Wildman–Crippen MR) is 101 cm³/mol. The van der Waals surface area contributed by atoms with Crippen LogP contribution in [0.15, 0.2) is 48.5 Å². The first-order valence-corrected chi connectivity index (χ1v) is 8.47. The van der Waals surface area contributed by atoms with E-state index in [4.69, 9.17) is 4.98 Å². The maximum absolute atomic E-state index is 4.88. The van der Waals surface area contributed by atoms with Gasteiger partial charge in [-0.3, -0.25) is 0 Å². The van der Waals surface area contributed by atoms with Crippen molar-refractivity contribution in [1.82, 2.24) is 4.98 Å². The lowest BCUT2D eigenvalue weighted by Gasteiger charge is -2.42. The van der Waals surface area contributed by atoms with Gasteiger partial charge in [-0.15, -0.1) is 0 Å². The smallest absolute Gasteiger partial charge is 0.0712 e. The van der Waals surface area contributed by atoms with Gasteiger partial charge in [0.2, 0.25) is 0 Å². The summed E-state index contributed by atoms with van der Waals surface area (Å²) in [6.45, 7) is 14.1. The molecule has 0 aliphatic carbocycles. The highest BCUT2D eigenvalue weighted by atomic mass is 14.7. The lowest BCUT2D eigenvalue weighted by atomic mass is 9.62. The Kier molecular flexibility index (Phi) is 3.71. The van der Waals surface area contributed by atoms with Crippen molar-refractivity contribution in [3.63, 3.8) is 0 Å². The zero-order chi connectivity index (χ0) is 16.8. The van der Waals surface area contributed by atoms with E-state index in [1.807, 2.05) is 0 Å². The van der Waals surface area contributed by atoms with Crippen molar-refractivity contribution in [3.05, 3.63) is 54.1 Å². The maximum Gasteiger partial charge on any atom is 0.0712 e. The van der Waals surface area contributed by atoms with Gasteiger partial charge in [0.05, 0.1) is 11.0 Å². The number of hydrogen-bond acceptors (Lipinski definition) is 1. The van der Waals surface area contributed by atoms with Gasteiger partial charge < -0.3 is 0 Å². The van der Waals surface area contributed by atoms with E-state index in [2.05, 4.69) is 90.1 Å². The van der Waals surface area contributed by atoms with Gasteiger partial charge in [0.1, 0.15) is 0 Å². The van der Waals surface area contributed by atoms with Crippen molar-refractivity contribution >= 4 is 21.8 Å². The van der Waals surface area contributed by atoms with Crippen LogP contribution in [0, 0.1) is 10.8 Å². The minimum absolute atomic E-state index is 0.172. The van der Waals surface area contributed by atoms with Gasteiger partial charge in [0.15, 0.2) is 0 Å². The van der Waals surface area contributed by atoms with Crippen molar-refractivity contribution in [2.75, 3.05) is 0 Å². The van der Waals surface area contributed by atoms with Crippen LogP contribution in [0.5, 0.6) is 0 Å². The molecule has 0 aliphatic heterocycles. The van der Waals surface area contributed by atoms with E-state index in [9.17, 15) is 0 Å². The number of para-hydroxylation sites is 2. The molecule has 0 saturated heterocycles. The zero-order valence-electron chi connectivity index (χ0n) is 15.1.